The van der Waals surface area contributed by atoms with E-state index in [0.717, 1.165) is 10.7 Å². The first kappa shape index (κ1) is 7.24. The summed E-state index contributed by atoms with van der Waals surface area (Å²) in [5.74, 6) is 0. The maximum Gasteiger partial charge on any atom is 0.350 e. The van der Waals surface area contributed by atoms with E-state index >= 15 is 0 Å². The summed E-state index contributed by atoms with van der Waals surface area (Å²) < 4.78 is 12.0. The molecule has 12 heavy (non-hydrogen) atoms. The minimum atomic E-state index is -0.564. The van der Waals surface area contributed by atoms with Crippen molar-refractivity contribution in [3.63, 3.8) is 0 Å². The standard InChI is InChI=1S/C8H7FN2O/c9-8-10-11(8)12-6-7-4-2-1-3-5-7/h1-5H,6H2. The Kier molecular flexibility index (Phi) is 1.75. The lowest BCUT2D eigenvalue weighted by Gasteiger charge is -2.00. The largest absolute Gasteiger partial charge is 0.350 e. The quantitative estimate of drug-likeness (QED) is 0.638. The maximum atomic E-state index is 12.0. The predicted octanol–water partition coefficient (Wildman–Crippen LogP) is 1.67. The van der Waals surface area contributed by atoms with Crippen molar-refractivity contribution in [1.29, 1.82) is 0 Å². The Hall–Kier alpha value is -1.42. The Morgan fingerprint density at radius 1 is 1.33 bits per heavy atom. The Morgan fingerprint density at radius 3 is 2.58 bits per heavy atom. The number of hydrogen-bond donors (Lipinski definition) is 0. The number of benzene rings is 1. The van der Waals surface area contributed by atoms with Crippen molar-refractivity contribution in [2.75, 3.05) is 0 Å². The van der Waals surface area contributed by atoms with Crippen LogP contribution in [0.2, 0.25) is 0 Å². The molecule has 0 radical (unpaired) electrons. The number of hydrogen-bond acceptors (Lipinski definition) is 3. The lowest BCUT2D eigenvalue weighted by atomic mass is 10.2. The highest BCUT2D eigenvalue weighted by atomic mass is 19.1. The molecule has 0 saturated heterocycles. The van der Waals surface area contributed by atoms with E-state index in [0.29, 0.717) is 6.61 Å². The molecule has 0 aliphatic carbocycles. The van der Waals surface area contributed by atoms with Gasteiger partial charge in [-0.25, -0.2) is 4.84 Å². The van der Waals surface area contributed by atoms with Gasteiger partial charge in [-0.2, -0.15) is 4.39 Å². The van der Waals surface area contributed by atoms with E-state index in [1.54, 1.807) is 0 Å². The smallest absolute Gasteiger partial charge is 0.244 e. The fourth-order valence-corrected chi connectivity index (χ4v) is 0.845. The van der Waals surface area contributed by atoms with Gasteiger partial charge in [0.2, 0.25) is 0 Å². The summed E-state index contributed by atoms with van der Waals surface area (Å²) in [6.07, 6.45) is -0.564. The summed E-state index contributed by atoms with van der Waals surface area (Å²) in [4.78, 5) is 4.91. The molecule has 1 aliphatic rings. The minimum Gasteiger partial charge on any atom is -0.244 e. The number of rotatable bonds is 3. The Labute approximate surface area is 69.0 Å². The van der Waals surface area contributed by atoms with Gasteiger partial charge in [-0.1, -0.05) is 40.6 Å². The van der Waals surface area contributed by atoms with E-state index < -0.39 is 6.09 Å². The van der Waals surface area contributed by atoms with Crippen LogP contribution in [0.4, 0.5) is 4.39 Å². The summed E-state index contributed by atoms with van der Waals surface area (Å²) in [6, 6.07) is 9.52. The van der Waals surface area contributed by atoms with Crippen LogP contribution in [0.25, 0.3) is 0 Å². The van der Waals surface area contributed by atoms with E-state index in [-0.39, 0.29) is 0 Å². The van der Waals surface area contributed by atoms with Crippen molar-refractivity contribution in [2.24, 2.45) is 5.10 Å². The Bertz CT molecular complexity index is 299. The van der Waals surface area contributed by atoms with Gasteiger partial charge < -0.3 is 0 Å². The summed E-state index contributed by atoms with van der Waals surface area (Å²) in [5, 5.41) is 4.10. The first-order chi connectivity index (χ1) is 5.86. The third kappa shape index (κ3) is 1.60. The van der Waals surface area contributed by atoms with E-state index in [9.17, 15) is 4.39 Å². The first-order valence-electron chi connectivity index (χ1n) is 3.57. The molecule has 0 spiro atoms. The molecule has 0 saturated carbocycles. The van der Waals surface area contributed by atoms with Gasteiger partial charge in [0.1, 0.15) is 6.61 Å². The van der Waals surface area contributed by atoms with Crippen molar-refractivity contribution in [2.45, 2.75) is 6.61 Å². The van der Waals surface area contributed by atoms with Crippen LogP contribution in [-0.2, 0) is 11.4 Å². The molecule has 62 valence electrons. The van der Waals surface area contributed by atoms with E-state index in [1.807, 2.05) is 30.3 Å². The van der Waals surface area contributed by atoms with Gasteiger partial charge in [0, 0.05) is 0 Å². The first-order valence-corrected chi connectivity index (χ1v) is 3.57. The zero-order valence-corrected chi connectivity index (χ0v) is 6.27. The van der Waals surface area contributed by atoms with Gasteiger partial charge in [-0.3, -0.25) is 0 Å². The molecular weight excluding hydrogens is 159 g/mol. The SMILES string of the molecule is FC1=NN1OCc1ccccc1. The lowest BCUT2D eigenvalue weighted by Crippen LogP contribution is -2.03. The number of halogens is 1. The van der Waals surface area contributed by atoms with E-state index in [2.05, 4.69) is 5.10 Å². The van der Waals surface area contributed by atoms with Crippen LogP contribution >= 0.6 is 0 Å². The zero-order chi connectivity index (χ0) is 8.39. The molecule has 2 rings (SSSR count). The molecule has 3 nitrogen and oxygen atoms in total. The molecule has 0 atom stereocenters. The fraction of sp³-hybridized carbons (Fsp3) is 0.125. The number of nitrogens with zero attached hydrogens (tertiary/aromatic N) is 2. The molecule has 0 N–H and O–H groups in total. The predicted molar refractivity (Wildman–Crippen MR) is 41.6 cm³/mol. The molecule has 1 heterocycles. The average molecular weight is 166 g/mol. The molecular formula is C8H7FN2O. The molecule has 4 heteroatoms. The third-order valence-corrected chi connectivity index (χ3v) is 1.49. The van der Waals surface area contributed by atoms with Gasteiger partial charge in [0.25, 0.3) is 0 Å². The van der Waals surface area contributed by atoms with Gasteiger partial charge in [-0.15, -0.1) is 0 Å². The third-order valence-electron chi connectivity index (χ3n) is 1.49. The van der Waals surface area contributed by atoms with Crippen LogP contribution in [-0.4, -0.2) is 11.3 Å². The molecule has 0 bridgehead atoms. The highest BCUT2D eigenvalue weighted by Crippen LogP contribution is 2.13. The number of amidine groups is 1. The second-order valence-corrected chi connectivity index (χ2v) is 2.40. The van der Waals surface area contributed by atoms with Crippen molar-refractivity contribution >= 4 is 6.09 Å². The highest BCUT2D eigenvalue weighted by Gasteiger charge is 2.25. The van der Waals surface area contributed by atoms with Crippen LogP contribution in [0.15, 0.2) is 35.4 Å². The van der Waals surface area contributed by atoms with Crippen LogP contribution in [0.3, 0.4) is 0 Å². The summed E-state index contributed by atoms with van der Waals surface area (Å²) in [6.45, 7) is 0.345. The van der Waals surface area contributed by atoms with Crippen LogP contribution in [0.1, 0.15) is 5.56 Å². The summed E-state index contributed by atoms with van der Waals surface area (Å²) >= 11 is 0. The van der Waals surface area contributed by atoms with Crippen molar-refractivity contribution < 1.29 is 9.23 Å². The molecule has 0 fully saturated rings. The zero-order valence-electron chi connectivity index (χ0n) is 6.27. The van der Waals surface area contributed by atoms with Crippen molar-refractivity contribution in [3.05, 3.63) is 35.9 Å². The second-order valence-electron chi connectivity index (χ2n) is 2.40. The van der Waals surface area contributed by atoms with Crippen molar-refractivity contribution in [1.82, 2.24) is 5.17 Å². The molecule has 0 unspecified atom stereocenters. The lowest BCUT2D eigenvalue weighted by molar-refractivity contribution is -0.0776. The minimum absolute atomic E-state index is 0.345. The molecule has 1 aromatic rings. The molecule has 1 aliphatic heterocycles. The number of hydrazone groups is 1. The average Bonchev–Trinajstić information content (AvgIpc) is 2.81. The normalized spacial score (nSPS) is 14.4. The monoisotopic (exact) mass is 166 g/mol. The van der Waals surface area contributed by atoms with Crippen molar-refractivity contribution in [3.8, 4) is 0 Å². The van der Waals surface area contributed by atoms with Crippen LogP contribution in [0.5, 0.6) is 0 Å². The summed E-state index contributed by atoms with van der Waals surface area (Å²) in [7, 11) is 0. The molecule has 1 aromatic carbocycles. The highest BCUT2D eigenvalue weighted by molar-refractivity contribution is 5.80. The second kappa shape index (κ2) is 2.91. The van der Waals surface area contributed by atoms with E-state index in [1.165, 1.54) is 0 Å². The van der Waals surface area contributed by atoms with Crippen LogP contribution in [0, 0.1) is 0 Å². The maximum absolute atomic E-state index is 12.0. The van der Waals surface area contributed by atoms with Gasteiger partial charge in [-0.05, 0) is 5.56 Å². The summed E-state index contributed by atoms with van der Waals surface area (Å²) in [5.41, 5.74) is 0.993. The van der Waals surface area contributed by atoms with E-state index in [4.69, 9.17) is 4.84 Å². The Balaban J connectivity index is 1.81. The fourth-order valence-electron chi connectivity index (χ4n) is 0.845. The van der Waals surface area contributed by atoms with Gasteiger partial charge >= 0.3 is 6.09 Å². The molecule has 0 aromatic heterocycles. The van der Waals surface area contributed by atoms with Gasteiger partial charge in [0.05, 0.1) is 0 Å². The molecule has 0 amide bonds. The Morgan fingerprint density at radius 2 is 2.00 bits per heavy atom. The topological polar surface area (TPSA) is 24.6 Å². The van der Waals surface area contributed by atoms with Crippen LogP contribution < -0.4 is 0 Å². The van der Waals surface area contributed by atoms with Gasteiger partial charge in [0.15, 0.2) is 0 Å². The number of hydroxylamine groups is 1.